The van der Waals surface area contributed by atoms with E-state index in [-0.39, 0.29) is 23.2 Å². The lowest BCUT2D eigenvalue weighted by Gasteiger charge is -2.28. The molecule has 0 fully saturated rings. The summed E-state index contributed by atoms with van der Waals surface area (Å²) >= 11 is 0. The van der Waals surface area contributed by atoms with Crippen molar-refractivity contribution in [2.45, 2.75) is 58.9 Å². The zero-order chi connectivity index (χ0) is 17.3. The molecular weight excluding hydrogens is 318 g/mol. The highest BCUT2D eigenvalue weighted by Gasteiger charge is 2.26. The summed E-state index contributed by atoms with van der Waals surface area (Å²) in [6.45, 7) is 13.6. The van der Waals surface area contributed by atoms with Crippen LogP contribution in [0.2, 0.25) is 0 Å². The molecule has 2 aromatic carbocycles. The topological polar surface area (TPSA) is 32.3 Å². The van der Waals surface area contributed by atoms with Gasteiger partial charge in [-0.05, 0) is 28.5 Å². The van der Waals surface area contributed by atoms with Gasteiger partial charge < -0.3 is 10.4 Å². The van der Waals surface area contributed by atoms with E-state index in [4.69, 9.17) is 0 Å². The second kappa shape index (κ2) is 7.48. The Labute approximate surface area is 152 Å². The van der Waals surface area contributed by atoms with Crippen molar-refractivity contribution >= 4 is 18.1 Å². The Morgan fingerprint density at radius 1 is 0.833 bits per heavy atom. The van der Waals surface area contributed by atoms with Crippen LogP contribution < -0.4 is 5.32 Å². The first-order valence-electron chi connectivity index (χ1n) is 8.25. The number of aromatic hydroxyl groups is 1. The number of hydrogen-bond acceptors (Lipinski definition) is 2. The summed E-state index contributed by atoms with van der Waals surface area (Å²) in [6, 6.07) is 14.5. The van der Waals surface area contributed by atoms with Gasteiger partial charge in [-0.3, -0.25) is 0 Å². The third-order valence-electron chi connectivity index (χ3n) is 4.07. The molecule has 0 aromatic heterocycles. The van der Waals surface area contributed by atoms with Gasteiger partial charge in [0.05, 0.1) is 0 Å². The molecule has 132 valence electrons. The minimum Gasteiger partial charge on any atom is -0.507 e. The molecule has 0 unspecified atom stereocenters. The van der Waals surface area contributed by atoms with Crippen LogP contribution in [0.25, 0.3) is 0 Å². The molecule has 0 aliphatic heterocycles. The Morgan fingerprint density at radius 3 is 1.71 bits per heavy atom. The summed E-state index contributed by atoms with van der Waals surface area (Å²) in [7, 11) is 0. The van der Waals surface area contributed by atoms with Gasteiger partial charge in [-0.1, -0.05) is 71.9 Å². The second-order valence-electron chi connectivity index (χ2n) is 8.26. The maximum absolute atomic E-state index is 10.7. The molecule has 0 spiro atoms. The zero-order valence-electron chi connectivity index (χ0n) is 15.6. The highest BCUT2D eigenvalue weighted by molar-refractivity contribution is 5.85. The normalized spacial score (nSPS) is 11.8. The summed E-state index contributed by atoms with van der Waals surface area (Å²) in [5, 5.41) is 14.2. The number of nitrogens with one attached hydrogen (secondary N) is 1. The number of phenols is 1. The average Bonchev–Trinajstić information content (AvgIpc) is 2.44. The van der Waals surface area contributed by atoms with Gasteiger partial charge in [0, 0.05) is 23.4 Å². The molecule has 0 atom stereocenters. The van der Waals surface area contributed by atoms with Gasteiger partial charge in [0.2, 0.25) is 0 Å². The number of benzene rings is 2. The van der Waals surface area contributed by atoms with Crippen molar-refractivity contribution in [3.8, 4) is 5.75 Å². The van der Waals surface area contributed by atoms with Gasteiger partial charge in [0.1, 0.15) is 5.75 Å². The number of rotatable bonds is 3. The van der Waals surface area contributed by atoms with Gasteiger partial charge in [0.25, 0.3) is 0 Å². The van der Waals surface area contributed by atoms with Gasteiger partial charge >= 0.3 is 0 Å². The number of anilines is 1. The van der Waals surface area contributed by atoms with E-state index in [9.17, 15) is 5.11 Å². The lowest BCUT2D eigenvalue weighted by Crippen LogP contribution is -2.18. The fraction of sp³-hybridized carbons (Fsp3) is 0.429. The SMILES string of the molecule is CC(C)(C)c1cc(NCc2ccccc2)cc(C(C)(C)C)c1O.Cl. The highest BCUT2D eigenvalue weighted by atomic mass is 35.5. The van der Waals surface area contributed by atoms with E-state index >= 15 is 0 Å². The van der Waals surface area contributed by atoms with E-state index in [2.05, 4.69) is 83.3 Å². The highest BCUT2D eigenvalue weighted by Crippen LogP contribution is 2.41. The first kappa shape index (κ1) is 20.4. The Kier molecular flexibility index (Phi) is 6.35. The second-order valence-corrected chi connectivity index (χ2v) is 8.26. The van der Waals surface area contributed by atoms with Crippen molar-refractivity contribution < 1.29 is 5.11 Å². The first-order chi connectivity index (χ1) is 10.6. The first-order valence-corrected chi connectivity index (χ1v) is 8.25. The molecule has 2 aromatic rings. The Bertz CT molecular complexity index is 631. The number of phenolic OH excluding ortho intramolecular Hbond substituents is 1. The third kappa shape index (κ3) is 4.91. The monoisotopic (exact) mass is 347 g/mol. The molecular formula is C21H30ClNO. The Morgan fingerprint density at radius 2 is 1.29 bits per heavy atom. The Balaban J connectivity index is 0.00000288. The van der Waals surface area contributed by atoms with Gasteiger partial charge in [-0.2, -0.15) is 0 Å². The third-order valence-corrected chi connectivity index (χ3v) is 4.07. The van der Waals surface area contributed by atoms with E-state index in [1.165, 1.54) is 5.56 Å². The van der Waals surface area contributed by atoms with Crippen LogP contribution >= 0.6 is 12.4 Å². The van der Waals surface area contributed by atoms with Crippen LogP contribution in [0, 0.1) is 0 Å². The predicted molar refractivity (Wildman–Crippen MR) is 107 cm³/mol. The molecule has 2 nitrogen and oxygen atoms in total. The van der Waals surface area contributed by atoms with Crippen LogP contribution in [-0.2, 0) is 17.4 Å². The van der Waals surface area contributed by atoms with E-state index < -0.39 is 0 Å². The molecule has 0 amide bonds. The minimum absolute atomic E-state index is 0. The fourth-order valence-electron chi connectivity index (χ4n) is 2.68. The van der Waals surface area contributed by atoms with E-state index in [1.54, 1.807) is 0 Å². The molecule has 0 saturated heterocycles. The van der Waals surface area contributed by atoms with Gasteiger partial charge in [-0.25, -0.2) is 0 Å². The number of hydrogen-bond donors (Lipinski definition) is 2. The van der Waals surface area contributed by atoms with Crippen LogP contribution in [0.4, 0.5) is 5.69 Å². The quantitative estimate of drug-likeness (QED) is 0.665. The maximum Gasteiger partial charge on any atom is 0.123 e. The predicted octanol–water partition coefficient (Wildman–Crippen LogP) is 6.02. The van der Waals surface area contributed by atoms with Crippen LogP contribution in [0.3, 0.4) is 0 Å². The van der Waals surface area contributed by atoms with Crippen molar-refractivity contribution in [1.29, 1.82) is 0 Å². The van der Waals surface area contributed by atoms with Crippen molar-refractivity contribution in [3.05, 3.63) is 59.2 Å². The molecule has 0 bridgehead atoms. The lowest BCUT2D eigenvalue weighted by atomic mass is 9.79. The number of halogens is 1. The molecule has 24 heavy (non-hydrogen) atoms. The molecule has 0 radical (unpaired) electrons. The van der Waals surface area contributed by atoms with Crippen LogP contribution in [0.5, 0.6) is 5.75 Å². The van der Waals surface area contributed by atoms with Gasteiger partial charge in [0.15, 0.2) is 0 Å². The molecule has 3 heteroatoms. The summed E-state index contributed by atoms with van der Waals surface area (Å²) in [4.78, 5) is 0. The van der Waals surface area contributed by atoms with E-state index in [1.807, 2.05) is 6.07 Å². The largest absolute Gasteiger partial charge is 0.507 e. The molecule has 0 heterocycles. The minimum atomic E-state index is -0.103. The van der Waals surface area contributed by atoms with Crippen molar-refractivity contribution in [2.24, 2.45) is 0 Å². The molecule has 0 aliphatic carbocycles. The smallest absolute Gasteiger partial charge is 0.123 e. The molecule has 2 rings (SSSR count). The molecule has 0 saturated carbocycles. The van der Waals surface area contributed by atoms with E-state index in [0.717, 1.165) is 23.4 Å². The van der Waals surface area contributed by atoms with Crippen LogP contribution in [0.1, 0.15) is 58.2 Å². The van der Waals surface area contributed by atoms with Crippen molar-refractivity contribution in [1.82, 2.24) is 0 Å². The standard InChI is InChI=1S/C21H29NO.ClH/c1-20(2,3)17-12-16(13-18(19(17)23)21(4,5)6)22-14-15-10-8-7-9-11-15;/h7-13,22-23H,14H2,1-6H3;1H. The summed E-state index contributed by atoms with van der Waals surface area (Å²) in [6.07, 6.45) is 0. The van der Waals surface area contributed by atoms with Crippen molar-refractivity contribution in [2.75, 3.05) is 5.32 Å². The summed E-state index contributed by atoms with van der Waals surface area (Å²) < 4.78 is 0. The maximum atomic E-state index is 10.7. The van der Waals surface area contributed by atoms with Crippen molar-refractivity contribution in [3.63, 3.8) is 0 Å². The zero-order valence-corrected chi connectivity index (χ0v) is 16.4. The lowest BCUT2D eigenvalue weighted by molar-refractivity contribution is 0.423. The fourth-order valence-corrected chi connectivity index (χ4v) is 2.68. The van der Waals surface area contributed by atoms with Gasteiger partial charge in [-0.15, -0.1) is 12.4 Å². The summed E-state index contributed by atoms with van der Waals surface area (Å²) in [5.41, 5.74) is 4.07. The van der Waals surface area contributed by atoms with Crippen LogP contribution in [-0.4, -0.2) is 5.11 Å². The Hall–Kier alpha value is -1.67. The molecule has 2 N–H and O–H groups in total. The molecule has 0 aliphatic rings. The van der Waals surface area contributed by atoms with Crippen LogP contribution in [0.15, 0.2) is 42.5 Å². The average molecular weight is 348 g/mol. The van der Waals surface area contributed by atoms with E-state index in [0.29, 0.717) is 5.75 Å². The summed E-state index contributed by atoms with van der Waals surface area (Å²) in [5.74, 6) is 0.426.